The van der Waals surface area contributed by atoms with Crippen molar-refractivity contribution in [3.05, 3.63) is 35.3 Å². The van der Waals surface area contributed by atoms with Gasteiger partial charge >= 0.3 is 0 Å². The smallest absolute Gasteiger partial charge is 0.286 e. The van der Waals surface area contributed by atoms with Crippen LogP contribution in [0.3, 0.4) is 0 Å². The summed E-state index contributed by atoms with van der Waals surface area (Å²) in [6.07, 6.45) is 0. The number of fused-ring (bicyclic) bond motifs is 1. The Balaban J connectivity index is 2.84. The summed E-state index contributed by atoms with van der Waals surface area (Å²) in [5.41, 5.74) is 7.79. The molecule has 0 bridgehead atoms. The van der Waals surface area contributed by atoms with Crippen LogP contribution in [0.1, 0.15) is 21.9 Å². The minimum Gasteiger partial charge on any atom is -0.363 e. The Morgan fingerprint density at radius 3 is 2.67 bits per heavy atom. The van der Waals surface area contributed by atoms with Crippen LogP contribution in [-0.2, 0) is 0 Å². The van der Waals surface area contributed by atoms with Crippen LogP contribution in [0.4, 0.5) is 0 Å². The minimum atomic E-state index is -0.596. The van der Waals surface area contributed by atoms with E-state index in [1.54, 1.807) is 0 Å². The van der Waals surface area contributed by atoms with Crippen LogP contribution >= 0.6 is 0 Å². The van der Waals surface area contributed by atoms with Gasteiger partial charge < -0.3 is 5.73 Å². The molecule has 0 saturated carbocycles. The zero-order valence-electron chi connectivity index (χ0n) is 8.61. The summed E-state index contributed by atoms with van der Waals surface area (Å²) in [4.78, 5) is 19.2. The lowest BCUT2D eigenvalue weighted by Crippen LogP contribution is -2.16. The van der Waals surface area contributed by atoms with E-state index in [9.17, 15) is 4.79 Å². The highest BCUT2D eigenvalue weighted by Gasteiger charge is 2.09. The van der Waals surface area contributed by atoms with Crippen molar-refractivity contribution >= 4 is 16.8 Å². The van der Waals surface area contributed by atoms with Crippen LogP contribution in [0.25, 0.3) is 10.9 Å². The first-order valence-corrected chi connectivity index (χ1v) is 4.63. The van der Waals surface area contributed by atoms with Gasteiger partial charge in [-0.05, 0) is 25.5 Å². The average molecular weight is 201 g/mol. The molecule has 1 aromatic carbocycles. The van der Waals surface area contributed by atoms with Crippen molar-refractivity contribution in [1.82, 2.24) is 9.97 Å². The van der Waals surface area contributed by atoms with Gasteiger partial charge in [-0.15, -0.1) is 0 Å². The minimum absolute atomic E-state index is 0.0746. The van der Waals surface area contributed by atoms with E-state index in [4.69, 9.17) is 5.73 Å². The van der Waals surface area contributed by atoms with Crippen LogP contribution in [0, 0.1) is 13.8 Å². The Hall–Kier alpha value is -1.97. The van der Waals surface area contributed by atoms with Gasteiger partial charge in [0.25, 0.3) is 5.91 Å². The van der Waals surface area contributed by atoms with Gasteiger partial charge in [-0.1, -0.05) is 12.1 Å². The lowest BCUT2D eigenvalue weighted by molar-refractivity contribution is 0.0990. The molecule has 4 nitrogen and oxygen atoms in total. The van der Waals surface area contributed by atoms with Crippen molar-refractivity contribution in [2.45, 2.75) is 13.8 Å². The first kappa shape index (κ1) is 9.58. The van der Waals surface area contributed by atoms with Gasteiger partial charge in [-0.25, -0.2) is 9.97 Å². The molecule has 4 heteroatoms. The van der Waals surface area contributed by atoms with Gasteiger partial charge in [-0.2, -0.15) is 0 Å². The Labute approximate surface area is 87.1 Å². The molecule has 0 aliphatic rings. The summed E-state index contributed by atoms with van der Waals surface area (Å²) in [7, 11) is 0. The predicted molar refractivity (Wildman–Crippen MR) is 57.5 cm³/mol. The quantitative estimate of drug-likeness (QED) is 0.757. The molecule has 0 aliphatic heterocycles. The van der Waals surface area contributed by atoms with Crippen molar-refractivity contribution in [2.24, 2.45) is 5.73 Å². The Morgan fingerprint density at radius 2 is 2.00 bits per heavy atom. The fraction of sp³-hybridized carbons (Fsp3) is 0.182. The summed E-state index contributed by atoms with van der Waals surface area (Å²) in [5, 5.41) is 0.988. The molecule has 1 aromatic heterocycles. The predicted octanol–water partition coefficient (Wildman–Crippen LogP) is 1.35. The van der Waals surface area contributed by atoms with Gasteiger partial charge in [0.2, 0.25) is 5.82 Å². The van der Waals surface area contributed by atoms with E-state index in [1.165, 1.54) is 0 Å². The number of rotatable bonds is 1. The molecule has 0 radical (unpaired) electrons. The fourth-order valence-corrected chi connectivity index (χ4v) is 1.68. The number of primary amides is 1. The summed E-state index contributed by atoms with van der Waals surface area (Å²) < 4.78 is 0. The molecule has 2 N–H and O–H groups in total. The molecule has 1 heterocycles. The standard InChI is InChI=1S/C11H11N3O/c1-6-4-3-5-8-9(6)7(2)13-11(14-8)10(12)15/h3-5H,1-2H3,(H2,12,15). The second-order valence-electron chi connectivity index (χ2n) is 3.47. The van der Waals surface area contributed by atoms with E-state index >= 15 is 0 Å². The summed E-state index contributed by atoms with van der Waals surface area (Å²) in [6, 6.07) is 5.74. The lowest BCUT2D eigenvalue weighted by atomic mass is 10.1. The third-order valence-corrected chi connectivity index (χ3v) is 2.33. The van der Waals surface area contributed by atoms with Crippen LogP contribution in [-0.4, -0.2) is 15.9 Å². The number of amides is 1. The second-order valence-corrected chi connectivity index (χ2v) is 3.47. The number of nitrogens with zero attached hydrogens (tertiary/aromatic N) is 2. The van der Waals surface area contributed by atoms with Gasteiger partial charge in [0.15, 0.2) is 0 Å². The molecule has 0 aliphatic carbocycles. The monoisotopic (exact) mass is 201 g/mol. The number of hydrogen-bond acceptors (Lipinski definition) is 3. The molecular formula is C11H11N3O. The van der Waals surface area contributed by atoms with Crippen LogP contribution in [0.5, 0.6) is 0 Å². The molecular weight excluding hydrogens is 190 g/mol. The van der Waals surface area contributed by atoms with E-state index < -0.39 is 5.91 Å². The Kier molecular flexibility index (Phi) is 2.11. The van der Waals surface area contributed by atoms with E-state index in [0.29, 0.717) is 0 Å². The average Bonchev–Trinajstić information content (AvgIpc) is 2.17. The maximum atomic E-state index is 11.0. The third kappa shape index (κ3) is 1.54. The highest BCUT2D eigenvalue weighted by Crippen LogP contribution is 2.18. The normalized spacial score (nSPS) is 10.5. The summed E-state index contributed by atoms with van der Waals surface area (Å²) in [5.74, 6) is -0.521. The highest BCUT2D eigenvalue weighted by atomic mass is 16.1. The lowest BCUT2D eigenvalue weighted by Gasteiger charge is -2.05. The highest BCUT2D eigenvalue weighted by molar-refractivity contribution is 5.92. The fourth-order valence-electron chi connectivity index (χ4n) is 1.68. The van der Waals surface area contributed by atoms with Gasteiger partial charge in [0.1, 0.15) is 0 Å². The molecule has 2 aromatic rings. The number of hydrogen-bond donors (Lipinski definition) is 1. The number of aromatic nitrogens is 2. The van der Waals surface area contributed by atoms with E-state index in [0.717, 1.165) is 22.2 Å². The summed E-state index contributed by atoms with van der Waals surface area (Å²) in [6.45, 7) is 3.84. The van der Waals surface area contributed by atoms with E-state index in [-0.39, 0.29) is 5.82 Å². The largest absolute Gasteiger partial charge is 0.363 e. The zero-order valence-corrected chi connectivity index (χ0v) is 8.61. The Morgan fingerprint density at radius 1 is 1.27 bits per heavy atom. The number of nitrogens with two attached hydrogens (primary N) is 1. The van der Waals surface area contributed by atoms with Crippen LogP contribution in [0.2, 0.25) is 0 Å². The molecule has 0 atom stereocenters. The first-order valence-electron chi connectivity index (χ1n) is 4.63. The molecule has 0 unspecified atom stereocenters. The van der Waals surface area contributed by atoms with Gasteiger partial charge in [0, 0.05) is 11.1 Å². The van der Waals surface area contributed by atoms with Crippen molar-refractivity contribution in [3.8, 4) is 0 Å². The molecule has 0 fully saturated rings. The van der Waals surface area contributed by atoms with E-state index in [2.05, 4.69) is 9.97 Å². The molecule has 2 rings (SSSR count). The number of aryl methyl sites for hydroxylation is 2. The Bertz CT molecular complexity index is 549. The number of carbonyl (C=O) groups excluding carboxylic acids is 1. The SMILES string of the molecule is Cc1cccc2nc(C(N)=O)nc(C)c12. The third-order valence-electron chi connectivity index (χ3n) is 2.33. The molecule has 0 spiro atoms. The topological polar surface area (TPSA) is 68.9 Å². The van der Waals surface area contributed by atoms with Crippen LogP contribution < -0.4 is 5.73 Å². The first-order chi connectivity index (χ1) is 7.09. The maximum absolute atomic E-state index is 11.0. The van der Waals surface area contributed by atoms with Crippen molar-refractivity contribution < 1.29 is 4.79 Å². The van der Waals surface area contributed by atoms with Gasteiger partial charge in [0.05, 0.1) is 5.52 Å². The van der Waals surface area contributed by atoms with Gasteiger partial charge in [-0.3, -0.25) is 4.79 Å². The molecule has 1 amide bonds. The summed E-state index contributed by atoms with van der Waals surface area (Å²) >= 11 is 0. The molecule has 76 valence electrons. The van der Waals surface area contributed by atoms with Crippen LogP contribution in [0.15, 0.2) is 18.2 Å². The molecule has 15 heavy (non-hydrogen) atoms. The second kappa shape index (κ2) is 3.31. The number of carbonyl (C=O) groups is 1. The van der Waals surface area contributed by atoms with E-state index in [1.807, 2.05) is 32.0 Å². The molecule has 0 saturated heterocycles. The zero-order chi connectivity index (χ0) is 11.0. The number of benzene rings is 1. The van der Waals surface area contributed by atoms with Crippen molar-refractivity contribution in [3.63, 3.8) is 0 Å². The maximum Gasteiger partial charge on any atom is 0.286 e. The van der Waals surface area contributed by atoms with Crippen molar-refractivity contribution in [1.29, 1.82) is 0 Å². The van der Waals surface area contributed by atoms with Crippen molar-refractivity contribution in [2.75, 3.05) is 0 Å².